The molecule has 1 aliphatic carbocycles. The molecule has 0 bridgehead atoms. The average Bonchev–Trinajstić information content (AvgIpc) is 2.18. The molecule has 0 aromatic rings. The van der Waals surface area contributed by atoms with Crippen LogP contribution in [0.3, 0.4) is 0 Å². The summed E-state index contributed by atoms with van der Waals surface area (Å²) >= 11 is 3.45. The summed E-state index contributed by atoms with van der Waals surface area (Å²) in [4.78, 5) is 11.4. The van der Waals surface area contributed by atoms with E-state index in [9.17, 15) is 4.79 Å². The van der Waals surface area contributed by atoms with Gasteiger partial charge in [0.1, 0.15) is 5.78 Å². The van der Waals surface area contributed by atoms with Crippen LogP contribution in [0.5, 0.6) is 0 Å². The van der Waals surface area contributed by atoms with Gasteiger partial charge >= 0.3 is 0 Å². The Morgan fingerprint density at radius 2 is 2.07 bits per heavy atom. The Kier molecular flexibility index (Phi) is 5.31. The second kappa shape index (κ2) is 6.03. The molecule has 0 aromatic carbocycles. The summed E-state index contributed by atoms with van der Waals surface area (Å²) in [5.41, 5.74) is 0.391. The fourth-order valence-electron chi connectivity index (χ4n) is 2.47. The lowest BCUT2D eigenvalue weighted by atomic mass is 9.67. The van der Waals surface area contributed by atoms with E-state index in [-0.39, 0.29) is 0 Å². The van der Waals surface area contributed by atoms with Crippen molar-refractivity contribution in [1.82, 2.24) is 0 Å². The monoisotopic (exact) mass is 274 g/mol. The maximum absolute atomic E-state index is 11.4. The lowest BCUT2D eigenvalue weighted by Gasteiger charge is -2.38. The van der Waals surface area contributed by atoms with E-state index < -0.39 is 0 Å². The van der Waals surface area contributed by atoms with Gasteiger partial charge in [0.15, 0.2) is 0 Å². The molecule has 1 nitrogen and oxygen atoms in total. The Morgan fingerprint density at radius 3 is 2.73 bits per heavy atom. The fraction of sp³-hybridized carbons (Fsp3) is 0.923. The van der Waals surface area contributed by atoms with Crippen LogP contribution in [0.4, 0.5) is 0 Å². The highest BCUT2D eigenvalue weighted by molar-refractivity contribution is 9.09. The van der Waals surface area contributed by atoms with E-state index in [1.165, 1.54) is 25.7 Å². The Bertz CT molecular complexity index is 211. The molecule has 0 amide bonds. The van der Waals surface area contributed by atoms with E-state index in [2.05, 4.69) is 29.8 Å². The smallest absolute Gasteiger partial charge is 0.133 e. The molecule has 0 aliphatic heterocycles. The maximum Gasteiger partial charge on any atom is 0.133 e. The number of halogens is 1. The molecule has 1 atom stereocenters. The van der Waals surface area contributed by atoms with Gasteiger partial charge < -0.3 is 0 Å². The van der Waals surface area contributed by atoms with E-state index in [1.54, 1.807) is 0 Å². The van der Waals surface area contributed by atoms with Gasteiger partial charge in [-0.3, -0.25) is 4.79 Å². The first kappa shape index (κ1) is 13.2. The third-order valence-corrected chi connectivity index (χ3v) is 4.37. The van der Waals surface area contributed by atoms with Crippen molar-refractivity contribution >= 4 is 21.7 Å². The number of hydrogen-bond acceptors (Lipinski definition) is 1. The SMILES string of the molecule is CC1(C)CCC(=O)CC1CCCCCBr. The summed E-state index contributed by atoms with van der Waals surface area (Å²) in [5.74, 6) is 1.12. The van der Waals surface area contributed by atoms with E-state index >= 15 is 0 Å². The minimum Gasteiger partial charge on any atom is -0.300 e. The van der Waals surface area contributed by atoms with Crippen LogP contribution in [0.1, 0.15) is 58.8 Å². The van der Waals surface area contributed by atoms with Crippen LogP contribution in [0.25, 0.3) is 0 Å². The molecule has 2 heteroatoms. The number of hydrogen-bond donors (Lipinski definition) is 0. The van der Waals surface area contributed by atoms with Gasteiger partial charge in [0.2, 0.25) is 0 Å². The highest BCUT2D eigenvalue weighted by Crippen LogP contribution is 2.41. The van der Waals surface area contributed by atoms with Gasteiger partial charge in [0.25, 0.3) is 0 Å². The Labute approximate surface area is 102 Å². The highest BCUT2D eigenvalue weighted by Gasteiger charge is 2.34. The lowest BCUT2D eigenvalue weighted by Crippen LogP contribution is -2.32. The number of unbranched alkanes of at least 4 members (excludes halogenated alkanes) is 2. The van der Waals surface area contributed by atoms with Gasteiger partial charge in [-0.25, -0.2) is 0 Å². The predicted molar refractivity (Wildman–Crippen MR) is 68.4 cm³/mol. The molecule has 1 saturated carbocycles. The molecular weight excluding hydrogens is 252 g/mol. The van der Waals surface area contributed by atoms with Crippen LogP contribution in [-0.4, -0.2) is 11.1 Å². The molecule has 1 aliphatic rings. The minimum atomic E-state index is 0.391. The quantitative estimate of drug-likeness (QED) is 0.539. The van der Waals surface area contributed by atoms with Crippen molar-refractivity contribution < 1.29 is 4.79 Å². The van der Waals surface area contributed by atoms with Crippen LogP contribution >= 0.6 is 15.9 Å². The van der Waals surface area contributed by atoms with Gasteiger partial charge in [-0.2, -0.15) is 0 Å². The van der Waals surface area contributed by atoms with Gasteiger partial charge in [-0.05, 0) is 30.6 Å². The first-order chi connectivity index (χ1) is 7.06. The largest absolute Gasteiger partial charge is 0.300 e. The van der Waals surface area contributed by atoms with E-state index in [0.29, 0.717) is 17.1 Å². The van der Waals surface area contributed by atoms with Gasteiger partial charge in [-0.15, -0.1) is 0 Å². The molecule has 15 heavy (non-hydrogen) atoms. The summed E-state index contributed by atoms with van der Waals surface area (Å²) in [6.07, 6.45) is 7.83. The third kappa shape index (κ3) is 4.26. The van der Waals surface area contributed by atoms with Gasteiger partial charge in [-0.1, -0.05) is 42.6 Å². The Hall–Kier alpha value is 0.150. The maximum atomic E-state index is 11.4. The average molecular weight is 275 g/mol. The number of Topliss-reactive ketones (excluding diaryl/α,β-unsaturated/α-hetero) is 1. The summed E-state index contributed by atoms with van der Waals surface area (Å²) in [6.45, 7) is 4.66. The van der Waals surface area contributed by atoms with Gasteiger partial charge in [0, 0.05) is 18.2 Å². The topological polar surface area (TPSA) is 17.1 Å². The molecule has 0 saturated heterocycles. The summed E-state index contributed by atoms with van der Waals surface area (Å²) in [6, 6.07) is 0. The van der Waals surface area contributed by atoms with Crippen molar-refractivity contribution in [3.8, 4) is 0 Å². The Balaban J connectivity index is 2.33. The standard InChI is InChI=1S/C13H23BrO/c1-13(2)8-7-12(15)10-11(13)6-4-3-5-9-14/h11H,3-10H2,1-2H3. The van der Waals surface area contributed by atoms with E-state index in [4.69, 9.17) is 0 Å². The molecule has 88 valence electrons. The number of alkyl halides is 1. The van der Waals surface area contributed by atoms with Crippen LogP contribution < -0.4 is 0 Å². The minimum absolute atomic E-state index is 0.391. The zero-order valence-electron chi connectivity index (χ0n) is 10.0. The van der Waals surface area contributed by atoms with Crippen molar-refractivity contribution in [3.05, 3.63) is 0 Å². The van der Waals surface area contributed by atoms with Crippen LogP contribution in [-0.2, 0) is 4.79 Å². The van der Waals surface area contributed by atoms with Crippen molar-refractivity contribution in [2.24, 2.45) is 11.3 Å². The molecule has 0 aromatic heterocycles. The van der Waals surface area contributed by atoms with Crippen LogP contribution in [0, 0.1) is 11.3 Å². The Morgan fingerprint density at radius 1 is 1.33 bits per heavy atom. The summed E-state index contributed by atoms with van der Waals surface area (Å²) in [5, 5.41) is 1.11. The van der Waals surface area contributed by atoms with Gasteiger partial charge in [0.05, 0.1) is 0 Å². The predicted octanol–water partition coefficient (Wildman–Crippen LogP) is 4.34. The number of rotatable bonds is 5. The zero-order chi connectivity index (χ0) is 11.3. The normalized spacial score (nSPS) is 25.5. The molecule has 0 radical (unpaired) electrons. The number of carbonyl (C=O) groups is 1. The summed E-state index contributed by atoms with van der Waals surface area (Å²) < 4.78 is 0. The number of ketones is 1. The first-order valence-corrected chi connectivity index (χ1v) is 7.26. The second-order valence-corrected chi connectivity index (χ2v) is 6.26. The van der Waals surface area contributed by atoms with Crippen LogP contribution in [0.15, 0.2) is 0 Å². The summed E-state index contributed by atoms with van der Waals surface area (Å²) in [7, 11) is 0. The fourth-order valence-corrected chi connectivity index (χ4v) is 2.87. The molecule has 0 spiro atoms. The highest BCUT2D eigenvalue weighted by atomic mass is 79.9. The second-order valence-electron chi connectivity index (χ2n) is 5.47. The van der Waals surface area contributed by atoms with Crippen molar-refractivity contribution in [3.63, 3.8) is 0 Å². The first-order valence-electron chi connectivity index (χ1n) is 6.14. The van der Waals surface area contributed by atoms with Crippen molar-refractivity contribution in [2.45, 2.75) is 58.8 Å². The van der Waals surface area contributed by atoms with Crippen LogP contribution in [0.2, 0.25) is 0 Å². The third-order valence-electron chi connectivity index (χ3n) is 3.81. The molecule has 1 unspecified atom stereocenters. The molecule has 0 heterocycles. The number of carbonyl (C=O) groups excluding carboxylic acids is 1. The zero-order valence-corrected chi connectivity index (χ0v) is 11.6. The van der Waals surface area contributed by atoms with E-state index in [0.717, 1.165) is 24.6 Å². The van der Waals surface area contributed by atoms with Crippen molar-refractivity contribution in [2.75, 3.05) is 5.33 Å². The van der Waals surface area contributed by atoms with E-state index in [1.807, 2.05) is 0 Å². The molecule has 1 rings (SSSR count). The molecule has 0 N–H and O–H groups in total. The molecular formula is C13H23BrO. The lowest BCUT2D eigenvalue weighted by molar-refractivity contribution is -0.124. The van der Waals surface area contributed by atoms with Crippen molar-refractivity contribution in [1.29, 1.82) is 0 Å². The molecule has 1 fully saturated rings.